The smallest absolute Gasteiger partial charge is 0.295 e. The fourth-order valence-corrected chi connectivity index (χ4v) is 4.47. The van der Waals surface area contributed by atoms with E-state index in [1.165, 1.54) is 17.0 Å². The molecule has 3 aromatic carbocycles. The first-order valence-electron chi connectivity index (χ1n) is 12.0. The number of likely N-dealkylation sites (tertiary alicyclic amines) is 1. The first kappa shape index (κ1) is 25.8. The number of ketones is 1. The summed E-state index contributed by atoms with van der Waals surface area (Å²) in [5.74, 6) is -0.502. The van der Waals surface area contributed by atoms with Crippen LogP contribution in [0, 0.1) is 6.92 Å². The van der Waals surface area contributed by atoms with Crippen molar-refractivity contribution in [3.63, 3.8) is 0 Å². The van der Waals surface area contributed by atoms with Crippen molar-refractivity contribution in [1.29, 1.82) is 0 Å². The topological polar surface area (TPSA) is 96.3 Å². The Morgan fingerprint density at radius 1 is 1.00 bits per heavy atom. The van der Waals surface area contributed by atoms with Crippen molar-refractivity contribution < 1.29 is 29.3 Å². The molecule has 1 heterocycles. The quantitative estimate of drug-likeness (QED) is 0.263. The van der Waals surface area contributed by atoms with Crippen molar-refractivity contribution in [1.82, 2.24) is 4.90 Å². The zero-order valence-electron chi connectivity index (χ0n) is 21.6. The molecule has 0 aromatic heterocycles. The molecule has 1 aliphatic heterocycles. The Kier molecular flexibility index (Phi) is 6.99. The average Bonchev–Trinajstić information content (AvgIpc) is 3.09. The highest BCUT2D eigenvalue weighted by atomic mass is 16.5. The monoisotopic (exact) mass is 501 g/mol. The van der Waals surface area contributed by atoms with Gasteiger partial charge in [-0.25, -0.2) is 0 Å². The van der Waals surface area contributed by atoms with Gasteiger partial charge in [0.15, 0.2) is 0 Å². The number of carbonyl (C=O) groups is 2. The standard InChI is InChI=1S/C30H31NO6/c1-18-16-22(36-5)14-15-23(18)27(33)25-26(19-10-12-21(32)13-11-19)31(29(35)28(25)34)17-20-8-6-7-9-24(20)37-30(2,3)4/h6-16,26,32-33H,17H2,1-5H3/b27-25-. The number of hydrogen-bond donors (Lipinski definition) is 2. The van der Waals surface area contributed by atoms with Gasteiger partial charge in [0.25, 0.3) is 11.7 Å². The lowest BCUT2D eigenvalue weighted by Crippen LogP contribution is -2.30. The summed E-state index contributed by atoms with van der Waals surface area (Å²) in [6, 6.07) is 17.9. The van der Waals surface area contributed by atoms with Gasteiger partial charge in [-0.05, 0) is 75.2 Å². The zero-order chi connectivity index (χ0) is 26.9. The third-order valence-electron chi connectivity index (χ3n) is 6.17. The normalized spacial score (nSPS) is 17.2. The number of aromatic hydroxyl groups is 1. The van der Waals surface area contributed by atoms with Gasteiger partial charge in [-0.15, -0.1) is 0 Å². The summed E-state index contributed by atoms with van der Waals surface area (Å²) in [7, 11) is 1.55. The number of phenols is 1. The number of phenolic OH excluding ortho intramolecular Hbond substituents is 1. The molecule has 3 aromatic rings. The molecule has 1 saturated heterocycles. The molecular formula is C30H31NO6. The van der Waals surface area contributed by atoms with E-state index in [0.29, 0.717) is 28.2 Å². The molecule has 0 aliphatic carbocycles. The number of nitrogens with zero attached hydrogens (tertiary/aromatic N) is 1. The summed E-state index contributed by atoms with van der Waals surface area (Å²) >= 11 is 0. The second kappa shape index (κ2) is 10.0. The third kappa shape index (κ3) is 5.31. The molecule has 37 heavy (non-hydrogen) atoms. The van der Waals surface area contributed by atoms with Crippen LogP contribution in [-0.2, 0) is 16.1 Å². The van der Waals surface area contributed by atoms with Gasteiger partial charge in [-0.1, -0.05) is 30.3 Å². The number of hydrogen-bond acceptors (Lipinski definition) is 6. The number of carbonyl (C=O) groups excluding carboxylic acids is 2. The molecule has 192 valence electrons. The molecule has 4 rings (SSSR count). The highest BCUT2D eigenvalue weighted by molar-refractivity contribution is 6.46. The van der Waals surface area contributed by atoms with E-state index >= 15 is 0 Å². The Bertz CT molecular complexity index is 1370. The van der Waals surface area contributed by atoms with E-state index in [1.807, 2.05) is 45.0 Å². The van der Waals surface area contributed by atoms with Gasteiger partial charge in [0.2, 0.25) is 0 Å². The largest absolute Gasteiger partial charge is 0.508 e. The summed E-state index contributed by atoms with van der Waals surface area (Å²) in [6.07, 6.45) is 0. The maximum atomic E-state index is 13.4. The zero-order valence-corrected chi connectivity index (χ0v) is 21.6. The molecule has 0 bridgehead atoms. The van der Waals surface area contributed by atoms with Gasteiger partial charge < -0.3 is 24.6 Å². The molecule has 1 atom stereocenters. The van der Waals surface area contributed by atoms with E-state index in [4.69, 9.17) is 9.47 Å². The van der Waals surface area contributed by atoms with E-state index in [9.17, 15) is 19.8 Å². The van der Waals surface area contributed by atoms with Gasteiger partial charge in [-0.2, -0.15) is 0 Å². The number of amides is 1. The van der Waals surface area contributed by atoms with Crippen molar-refractivity contribution in [3.05, 3.63) is 94.6 Å². The number of aryl methyl sites for hydroxylation is 1. The van der Waals surface area contributed by atoms with Crippen LogP contribution in [-0.4, -0.2) is 39.5 Å². The summed E-state index contributed by atoms with van der Waals surface area (Å²) < 4.78 is 11.4. The molecule has 1 aliphatic rings. The van der Waals surface area contributed by atoms with E-state index < -0.39 is 23.3 Å². The Morgan fingerprint density at radius 2 is 1.68 bits per heavy atom. The van der Waals surface area contributed by atoms with Crippen LogP contribution in [0.15, 0.2) is 72.3 Å². The number of para-hydroxylation sites is 1. The Morgan fingerprint density at radius 3 is 2.30 bits per heavy atom. The molecule has 0 saturated carbocycles. The fraction of sp³-hybridized carbons (Fsp3) is 0.267. The molecule has 1 amide bonds. The SMILES string of the molecule is COc1ccc(/C(O)=C2/C(=O)C(=O)N(Cc3ccccc3OC(C)(C)C)C2c2ccc(O)cc2)c(C)c1. The number of ether oxygens (including phenoxy) is 2. The van der Waals surface area contributed by atoms with Crippen LogP contribution in [0.4, 0.5) is 0 Å². The van der Waals surface area contributed by atoms with Crippen LogP contribution in [0.1, 0.15) is 49.1 Å². The highest BCUT2D eigenvalue weighted by Crippen LogP contribution is 2.42. The van der Waals surface area contributed by atoms with Crippen molar-refractivity contribution in [2.24, 2.45) is 0 Å². The number of benzene rings is 3. The van der Waals surface area contributed by atoms with Gasteiger partial charge in [-0.3, -0.25) is 9.59 Å². The molecule has 2 N–H and O–H groups in total. The lowest BCUT2D eigenvalue weighted by Gasteiger charge is -2.28. The predicted octanol–water partition coefficient (Wildman–Crippen LogP) is 5.51. The number of methoxy groups -OCH3 is 1. The lowest BCUT2D eigenvalue weighted by atomic mass is 9.93. The Hall–Kier alpha value is -4.26. The van der Waals surface area contributed by atoms with E-state index in [-0.39, 0.29) is 23.6 Å². The van der Waals surface area contributed by atoms with Crippen molar-refractivity contribution in [2.45, 2.75) is 45.9 Å². The minimum Gasteiger partial charge on any atom is -0.508 e. The molecule has 1 unspecified atom stereocenters. The number of Topliss-reactive ketones (excluding diaryl/α,β-unsaturated/α-hetero) is 1. The maximum Gasteiger partial charge on any atom is 0.295 e. The van der Waals surface area contributed by atoms with Crippen molar-refractivity contribution in [3.8, 4) is 17.2 Å². The first-order valence-corrected chi connectivity index (χ1v) is 12.0. The minimum atomic E-state index is -0.871. The second-order valence-electron chi connectivity index (χ2n) is 10.0. The van der Waals surface area contributed by atoms with E-state index in [2.05, 4.69) is 0 Å². The van der Waals surface area contributed by atoms with Crippen LogP contribution in [0.25, 0.3) is 5.76 Å². The van der Waals surface area contributed by atoms with Gasteiger partial charge in [0, 0.05) is 11.1 Å². The number of aliphatic hydroxyl groups is 1. The Balaban J connectivity index is 1.86. The molecule has 0 spiro atoms. The summed E-state index contributed by atoms with van der Waals surface area (Å²) in [4.78, 5) is 28.2. The minimum absolute atomic E-state index is 0.0156. The molecular weight excluding hydrogens is 470 g/mol. The predicted molar refractivity (Wildman–Crippen MR) is 141 cm³/mol. The van der Waals surface area contributed by atoms with Crippen LogP contribution >= 0.6 is 0 Å². The van der Waals surface area contributed by atoms with Crippen LogP contribution in [0.5, 0.6) is 17.2 Å². The second-order valence-corrected chi connectivity index (χ2v) is 10.0. The van der Waals surface area contributed by atoms with E-state index in [1.54, 1.807) is 44.4 Å². The number of aliphatic hydroxyl groups excluding tert-OH is 1. The van der Waals surface area contributed by atoms with Gasteiger partial charge >= 0.3 is 0 Å². The number of rotatable bonds is 6. The van der Waals surface area contributed by atoms with Crippen molar-refractivity contribution >= 4 is 17.4 Å². The highest BCUT2D eigenvalue weighted by Gasteiger charge is 2.46. The molecule has 1 fully saturated rings. The van der Waals surface area contributed by atoms with Crippen LogP contribution in [0.3, 0.4) is 0 Å². The molecule has 7 nitrogen and oxygen atoms in total. The van der Waals surface area contributed by atoms with Gasteiger partial charge in [0.05, 0.1) is 25.3 Å². The Labute approximate surface area is 216 Å². The van der Waals surface area contributed by atoms with Crippen molar-refractivity contribution in [2.75, 3.05) is 7.11 Å². The van der Waals surface area contributed by atoms with Crippen LogP contribution in [0.2, 0.25) is 0 Å². The van der Waals surface area contributed by atoms with Gasteiger partial charge in [0.1, 0.15) is 28.6 Å². The molecule has 0 radical (unpaired) electrons. The average molecular weight is 502 g/mol. The first-order chi connectivity index (χ1) is 17.5. The summed E-state index contributed by atoms with van der Waals surface area (Å²) in [6.45, 7) is 7.68. The summed E-state index contributed by atoms with van der Waals surface area (Å²) in [5.41, 5.74) is 1.95. The summed E-state index contributed by atoms with van der Waals surface area (Å²) in [5, 5.41) is 21.2. The van der Waals surface area contributed by atoms with E-state index in [0.717, 1.165) is 5.56 Å². The lowest BCUT2D eigenvalue weighted by molar-refractivity contribution is -0.140. The van der Waals surface area contributed by atoms with Crippen LogP contribution < -0.4 is 9.47 Å². The molecule has 7 heteroatoms. The maximum absolute atomic E-state index is 13.4. The fourth-order valence-electron chi connectivity index (χ4n) is 4.47. The third-order valence-corrected chi connectivity index (χ3v) is 6.17.